The summed E-state index contributed by atoms with van der Waals surface area (Å²) in [6.07, 6.45) is 1.53. The lowest BCUT2D eigenvalue weighted by atomic mass is 10.2. The van der Waals surface area contributed by atoms with Crippen molar-refractivity contribution in [3.63, 3.8) is 0 Å². The quantitative estimate of drug-likeness (QED) is 0.812. The van der Waals surface area contributed by atoms with E-state index in [1.165, 1.54) is 31.6 Å². The molecule has 1 heterocycles. The van der Waals surface area contributed by atoms with E-state index in [1.807, 2.05) is 0 Å². The predicted molar refractivity (Wildman–Crippen MR) is 80.7 cm³/mol. The molecule has 1 unspecified atom stereocenters. The maximum absolute atomic E-state index is 11.9. The summed E-state index contributed by atoms with van der Waals surface area (Å²) in [6.45, 7) is 1.56. The minimum Gasteiger partial charge on any atom is -0.493 e. The summed E-state index contributed by atoms with van der Waals surface area (Å²) in [4.78, 5) is 22.8. The molecule has 0 aliphatic heterocycles. The Morgan fingerprint density at radius 1 is 1.30 bits per heavy atom. The van der Waals surface area contributed by atoms with Crippen molar-refractivity contribution in [3.8, 4) is 11.5 Å². The molecule has 0 fully saturated rings. The Labute approximate surface area is 132 Å². The summed E-state index contributed by atoms with van der Waals surface area (Å²) in [5, 5.41) is 11.7. The lowest BCUT2D eigenvalue weighted by Crippen LogP contribution is -2.31. The van der Waals surface area contributed by atoms with Gasteiger partial charge in [0.25, 0.3) is 5.91 Å². The van der Waals surface area contributed by atoms with Crippen LogP contribution in [0.15, 0.2) is 41.0 Å². The Bertz CT molecular complexity index is 680. The fourth-order valence-electron chi connectivity index (χ4n) is 1.96. The molecule has 0 saturated heterocycles. The van der Waals surface area contributed by atoms with Crippen LogP contribution in [0.4, 0.5) is 0 Å². The number of carbonyl (C=O) groups is 2. The van der Waals surface area contributed by atoms with Crippen molar-refractivity contribution >= 4 is 11.9 Å². The third-order valence-corrected chi connectivity index (χ3v) is 3.12. The van der Waals surface area contributed by atoms with Gasteiger partial charge in [-0.2, -0.15) is 0 Å². The molecule has 2 aromatic rings. The number of carboxylic acid groups (broad SMARTS) is 1. The maximum atomic E-state index is 11.9. The summed E-state index contributed by atoms with van der Waals surface area (Å²) < 4.78 is 15.7. The van der Waals surface area contributed by atoms with Gasteiger partial charge in [-0.25, -0.2) is 4.79 Å². The number of carboxylic acids is 1. The number of amides is 1. The van der Waals surface area contributed by atoms with E-state index in [0.717, 1.165) is 0 Å². The number of aromatic carboxylic acids is 1. The summed E-state index contributed by atoms with van der Waals surface area (Å²) in [7, 11) is 1.40. The van der Waals surface area contributed by atoms with Gasteiger partial charge in [0.05, 0.1) is 25.0 Å². The molecular weight excluding hydrogens is 302 g/mol. The molecule has 2 N–H and O–H groups in total. The molecule has 0 aliphatic rings. The number of furan rings is 1. The van der Waals surface area contributed by atoms with E-state index < -0.39 is 5.97 Å². The van der Waals surface area contributed by atoms with Gasteiger partial charge in [-0.3, -0.25) is 4.79 Å². The zero-order chi connectivity index (χ0) is 16.8. The standard InChI is InChI=1S/C16H17NO6/c1-10(12-4-3-7-22-12)17-15(18)9-23-13-6-5-11(16(19)20)8-14(13)21-2/h3-8,10H,9H2,1-2H3,(H,17,18)(H,19,20). The Morgan fingerprint density at radius 3 is 2.70 bits per heavy atom. The first-order valence-electron chi connectivity index (χ1n) is 6.88. The highest BCUT2D eigenvalue weighted by molar-refractivity contribution is 5.88. The molecule has 0 spiro atoms. The van der Waals surface area contributed by atoms with E-state index >= 15 is 0 Å². The lowest BCUT2D eigenvalue weighted by Gasteiger charge is -2.13. The van der Waals surface area contributed by atoms with Crippen molar-refractivity contribution in [2.75, 3.05) is 13.7 Å². The molecule has 1 amide bonds. The number of nitrogens with one attached hydrogen (secondary N) is 1. The largest absolute Gasteiger partial charge is 0.493 e. The van der Waals surface area contributed by atoms with Crippen LogP contribution < -0.4 is 14.8 Å². The number of carbonyl (C=O) groups excluding carboxylic acids is 1. The highest BCUT2D eigenvalue weighted by atomic mass is 16.5. The first-order valence-corrected chi connectivity index (χ1v) is 6.88. The lowest BCUT2D eigenvalue weighted by molar-refractivity contribution is -0.123. The average molecular weight is 319 g/mol. The first-order chi connectivity index (χ1) is 11.0. The van der Waals surface area contributed by atoms with Crippen LogP contribution in [0, 0.1) is 0 Å². The van der Waals surface area contributed by atoms with Gasteiger partial charge in [-0.05, 0) is 37.3 Å². The summed E-state index contributed by atoms with van der Waals surface area (Å²) in [5.74, 6) is -0.227. The van der Waals surface area contributed by atoms with Gasteiger partial charge in [-0.15, -0.1) is 0 Å². The SMILES string of the molecule is COc1cc(C(=O)O)ccc1OCC(=O)NC(C)c1ccco1. The van der Waals surface area contributed by atoms with Crippen LogP contribution >= 0.6 is 0 Å². The molecule has 1 atom stereocenters. The Balaban J connectivity index is 1.95. The second-order valence-corrected chi connectivity index (χ2v) is 4.76. The van der Waals surface area contributed by atoms with Gasteiger partial charge in [0.2, 0.25) is 0 Å². The average Bonchev–Trinajstić information content (AvgIpc) is 3.07. The van der Waals surface area contributed by atoms with Crippen molar-refractivity contribution in [1.29, 1.82) is 0 Å². The van der Waals surface area contributed by atoms with Crippen LogP contribution in [0.2, 0.25) is 0 Å². The molecule has 7 heteroatoms. The molecule has 2 rings (SSSR count). The first kappa shape index (κ1) is 16.4. The maximum Gasteiger partial charge on any atom is 0.335 e. The van der Waals surface area contributed by atoms with Gasteiger partial charge in [0.1, 0.15) is 5.76 Å². The topological polar surface area (TPSA) is 98.0 Å². The molecule has 0 aliphatic carbocycles. The molecule has 7 nitrogen and oxygen atoms in total. The molecule has 0 saturated carbocycles. The van der Waals surface area contributed by atoms with Gasteiger partial charge in [0.15, 0.2) is 18.1 Å². The minimum absolute atomic E-state index is 0.0742. The zero-order valence-electron chi connectivity index (χ0n) is 12.7. The van der Waals surface area contributed by atoms with Crippen LogP contribution in [0.3, 0.4) is 0 Å². The van der Waals surface area contributed by atoms with E-state index in [-0.39, 0.29) is 29.9 Å². The van der Waals surface area contributed by atoms with Crippen LogP contribution in [-0.2, 0) is 4.79 Å². The van der Waals surface area contributed by atoms with E-state index in [1.54, 1.807) is 19.1 Å². The number of hydrogen-bond donors (Lipinski definition) is 2. The third kappa shape index (κ3) is 4.26. The van der Waals surface area contributed by atoms with Gasteiger partial charge in [0, 0.05) is 0 Å². The summed E-state index contributed by atoms with van der Waals surface area (Å²) in [5.41, 5.74) is 0.0742. The molecule has 1 aromatic carbocycles. The van der Waals surface area contributed by atoms with Crippen molar-refractivity contribution in [1.82, 2.24) is 5.32 Å². The van der Waals surface area contributed by atoms with Crippen molar-refractivity contribution in [2.45, 2.75) is 13.0 Å². The number of methoxy groups -OCH3 is 1. The van der Waals surface area contributed by atoms with Gasteiger partial charge >= 0.3 is 5.97 Å². The highest BCUT2D eigenvalue weighted by Crippen LogP contribution is 2.28. The fraction of sp³-hybridized carbons (Fsp3) is 0.250. The van der Waals surface area contributed by atoms with Gasteiger partial charge < -0.3 is 24.3 Å². The van der Waals surface area contributed by atoms with Crippen molar-refractivity contribution in [3.05, 3.63) is 47.9 Å². The molecule has 1 aromatic heterocycles. The number of ether oxygens (including phenoxy) is 2. The highest BCUT2D eigenvalue weighted by Gasteiger charge is 2.14. The van der Waals surface area contributed by atoms with Crippen molar-refractivity contribution in [2.24, 2.45) is 0 Å². The van der Waals surface area contributed by atoms with E-state index in [4.69, 9.17) is 19.0 Å². The van der Waals surface area contributed by atoms with Crippen LogP contribution in [0.25, 0.3) is 0 Å². The van der Waals surface area contributed by atoms with Crippen LogP contribution in [-0.4, -0.2) is 30.7 Å². The summed E-state index contributed by atoms with van der Waals surface area (Å²) >= 11 is 0. The third-order valence-electron chi connectivity index (χ3n) is 3.12. The monoisotopic (exact) mass is 319 g/mol. The summed E-state index contributed by atoms with van der Waals surface area (Å²) in [6, 6.07) is 7.39. The van der Waals surface area contributed by atoms with Gasteiger partial charge in [-0.1, -0.05) is 0 Å². The molecule has 0 radical (unpaired) electrons. The fourth-order valence-corrected chi connectivity index (χ4v) is 1.96. The zero-order valence-corrected chi connectivity index (χ0v) is 12.7. The van der Waals surface area contributed by atoms with Crippen LogP contribution in [0.5, 0.6) is 11.5 Å². The Kier molecular flexibility index (Phi) is 5.24. The Hall–Kier alpha value is -2.96. The number of benzene rings is 1. The normalized spacial score (nSPS) is 11.6. The molecule has 122 valence electrons. The van der Waals surface area contributed by atoms with E-state index in [0.29, 0.717) is 11.5 Å². The second-order valence-electron chi connectivity index (χ2n) is 4.76. The molecule has 0 bridgehead atoms. The van der Waals surface area contributed by atoms with Crippen molar-refractivity contribution < 1.29 is 28.6 Å². The van der Waals surface area contributed by atoms with E-state index in [2.05, 4.69) is 5.32 Å². The van der Waals surface area contributed by atoms with Crippen LogP contribution in [0.1, 0.15) is 29.1 Å². The smallest absolute Gasteiger partial charge is 0.335 e. The molecule has 23 heavy (non-hydrogen) atoms. The number of hydrogen-bond acceptors (Lipinski definition) is 5. The Morgan fingerprint density at radius 2 is 2.09 bits per heavy atom. The minimum atomic E-state index is -1.07. The predicted octanol–water partition coefficient (Wildman–Crippen LogP) is 2.24. The number of rotatable bonds is 7. The second kappa shape index (κ2) is 7.35. The van der Waals surface area contributed by atoms with E-state index in [9.17, 15) is 9.59 Å². The molecular formula is C16H17NO6.